The fourth-order valence-corrected chi connectivity index (χ4v) is 2.52. The molecule has 1 aromatic rings. The number of aliphatic hydroxyl groups excluding tert-OH is 1. The first-order chi connectivity index (χ1) is 10.0. The summed E-state index contributed by atoms with van der Waals surface area (Å²) in [5, 5.41) is 23.9. The first-order valence-electron chi connectivity index (χ1n) is 7.10. The predicted octanol–water partition coefficient (Wildman–Crippen LogP) is 1.74. The number of benzene rings is 1. The van der Waals surface area contributed by atoms with Crippen LogP contribution in [0, 0.1) is 0 Å². The number of para-hydroxylation sites is 1. The van der Waals surface area contributed by atoms with E-state index in [0.717, 1.165) is 12.8 Å². The maximum atomic E-state index is 12.0. The summed E-state index contributed by atoms with van der Waals surface area (Å²) in [4.78, 5) is 22.8. The molecule has 114 valence electrons. The number of carboxylic acids is 1. The highest BCUT2D eigenvalue weighted by Crippen LogP contribution is 2.19. The molecule has 21 heavy (non-hydrogen) atoms. The molecule has 1 aliphatic rings. The number of rotatable bonds is 4. The number of hydrogen-bond acceptors (Lipinski definition) is 3. The summed E-state index contributed by atoms with van der Waals surface area (Å²) in [6.07, 6.45) is 2.51. The summed E-state index contributed by atoms with van der Waals surface area (Å²) in [6, 6.07) is 6.57. The first kappa shape index (κ1) is 15.3. The number of nitrogens with one attached hydrogen (secondary N) is 2. The largest absolute Gasteiger partial charge is 0.481 e. The highest BCUT2D eigenvalue weighted by molar-refractivity contribution is 5.91. The van der Waals surface area contributed by atoms with Crippen molar-refractivity contribution in [3.8, 4) is 0 Å². The molecule has 0 aromatic heterocycles. The fraction of sp³-hybridized carbons (Fsp3) is 0.467. The second-order valence-corrected chi connectivity index (χ2v) is 5.33. The highest BCUT2D eigenvalue weighted by atomic mass is 16.4. The molecule has 6 nitrogen and oxygen atoms in total. The number of hydrogen-bond donors (Lipinski definition) is 4. The van der Waals surface area contributed by atoms with Gasteiger partial charge in [0.1, 0.15) is 0 Å². The van der Waals surface area contributed by atoms with Crippen LogP contribution in [0.15, 0.2) is 24.3 Å². The lowest BCUT2D eigenvalue weighted by molar-refractivity contribution is -0.136. The molecular weight excluding hydrogens is 272 g/mol. The van der Waals surface area contributed by atoms with E-state index < -0.39 is 5.97 Å². The van der Waals surface area contributed by atoms with Gasteiger partial charge in [-0.2, -0.15) is 0 Å². The molecule has 0 unspecified atom stereocenters. The van der Waals surface area contributed by atoms with Gasteiger partial charge in [0, 0.05) is 11.7 Å². The maximum absolute atomic E-state index is 12.0. The number of amides is 2. The van der Waals surface area contributed by atoms with Crippen LogP contribution in [0.25, 0.3) is 0 Å². The van der Waals surface area contributed by atoms with Crippen LogP contribution >= 0.6 is 0 Å². The Bertz CT molecular complexity index is 510. The minimum absolute atomic E-state index is 0.0556. The van der Waals surface area contributed by atoms with Gasteiger partial charge in [-0.25, -0.2) is 4.79 Å². The summed E-state index contributed by atoms with van der Waals surface area (Å²) in [6.45, 7) is 0. The van der Waals surface area contributed by atoms with Crippen molar-refractivity contribution >= 4 is 17.7 Å². The van der Waals surface area contributed by atoms with Crippen LogP contribution < -0.4 is 10.6 Å². The van der Waals surface area contributed by atoms with Crippen molar-refractivity contribution in [2.75, 3.05) is 5.32 Å². The Hall–Kier alpha value is -2.08. The zero-order chi connectivity index (χ0) is 15.2. The van der Waals surface area contributed by atoms with Crippen LogP contribution in [0.5, 0.6) is 0 Å². The lowest BCUT2D eigenvalue weighted by atomic mass is 9.93. The van der Waals surface area contributed by atoms with Gasteiger partial charge in [0.05, 0.1) is 12.5 Å². The van der Waals surface area contributed by atoms with Crippen molar-refractivity contribution in [2.24, 2.45) is 0 Å². The van der Waals surface area contributed by atoms with Gasteiger partial charge in [-0.3, -0.25) is 4.79 Å². The van der Waals surface area contributed by atoms with Crippen LogP contribution in [0.1, 0.15) is 31.2 Å². The van der Waals surface area contributed by atoms with Crippen molar-refractivity contribution in [2.45, 2.75) is 44.2 Å². The summed E-state index contributed by atoms with van der Waals surface area (Å²) >= 11 is 0. The Morgan fingerprint density at radius 2 is 1.81 bits per heavy atom. The van der Waals surface area contributed by atoms with E-state index in [1.54, 1.807) is 24.3 Å². The third kappa shape index (κ3) is 4.75. The molecule has 4 N–H and O–H groups in total. The fourth-order valence-electron chi connectivity index (χ4n) is 2.52. The minimum Gasteiger partial charge on any atom is -0.481 e. The molecule has 2 rings (SSSR count). The minimum atomic E-state index is -0.939. The van der Waals surface area contributed by atoms with Gasteiger partial charge in [0.25, 0.3) is 0 Å². The van der Waals surface area contributed by atoms with E-state index in [0.29, 0.717) is 24.1 Å². The molecule has 6 heteroatoms. The zero-order valence-corrected chi connectivity index (χ0v) is 11.7. The molecule has 0 radical (unpaired) electrons. The van der Waals surface area contributed by atoms with Crippen molar-refractivity contribution in [3.63, 3.8) is 0 Å². The van der Waals surface area contributed by atoms with E-state index in [1.807, 2.05) is 0 Å². The molecule has 2 amide bonds. The lowest BCUT2D eigenvalue weighted by Gasteiger charge is -2.26. The van der Waals surface area contributed by atoms with E-state index in [1.165, 1.54) is 0 Å². The SMILES string of the molecule is O=C(O)Cc1ccccc1NC(=O)NC1CCC(O)CC1. The van der Waals surface area contributed by atoms with Crippen LogP contribution in [0.3, 0.4) is 0 Å². The van der Waals surface area contributed by atoms with Gasteiger partial charge in [-0.1, -0.05) is 18.2 Å². The maximum Gasteiger partial charge on any atom is 0.319 e. The quantitative estimate of drug-likeness (QED) is 0.679. The molecule has 0 aliphatic heterocycles. The first-order valence-corrected chi connectivity index (χ1v) is 7.10. The topological polar surface area (TPSA) is 98.7 Å². The molecule has 0 atom stereocenters. The van der Waals surface area contributed by atoms with Crippen molar-refractivity contribution < 1.29 is 19.8 Å². The van der Waals surface area contributed by atoms with E-state index >= 15 is 0 Å². The van der Waals surface area contributed by atoms with Gasteiger partial charge in [0.2, 0.25) is 0 Å². The second-order valence-electron chi connectivity index (χ2n) is 5.33. The summed E-state index contributed by atoms with van der Waals surface area (Å²) in [7, 11) is 0. The number of urea groups is 1. The Kier molecular flexibility index (Phi) is 5.16. The predicted molar refractivity (Wildman–Crippen MR) is 78.2 cm³/mol. The monoisotopic (exact) mass is 292 g/mol. The summed E-state index contributed by atoms with van der Waals surface area (Å²) < 4.78 is 0. The van der Waals surface area contributed by atoms with E-state index in [4.69, 9.17) is 5.11 Å². The van der Waals surface area contributed by atoms with Gasteiger partial charge in [-0.05, 0) is 37.3 Å². The number of aliphatic carboxylic acids is 1. The van der Waals surface area contributed by atoms with Gasteiger partial charge < -0.3 is 20.8 Å². The highest BCUT2D eigenvalue weighted by Gasteiger charge is 2.21. The average molecular weight is 292 g/mol. The number of aliphatic hydroxyl groups is 1. The molecular formula is C15H20N2O4. The smallest absolute Gasteiger partial charge is 0.319 e. The molecule has 0 bridgehead atoms. The third-order valence-electron chi connectivity index (χ3n) is 3.64. The molecule has 0 spiro atoms. The Balaban J connectivity index is 1.92. The number of carbonyl (C=O) groups is 2. The molecule has 1 aromatic carbocycles. The Labute approximate surface area is 123 Å². The van der Waals surface area contributed by atoms with Crippen LogP contribution in [-0.4, -0.2) is 34.4 Å². The number of carboxylic acid groups (broad SMARTS) is 1. The van der Waals surface area contributed by atoms with Crippen molar-refractivity contribution in [1.29, 1.82) is 0 Å². The second kappa shape index (κ2) is 7.08. The van der Waals surface area contributed by atoms with E-state index in [-0.39, 0.29) is 24.6 Å². The van der Waals surface area contributed by atoms with Gasteiger partial charge in [-0.15, -0.1) is 0 Å². The van der Waals surface area contributed by atoms with Crippen LogP contribution in [0.2, 0.25) is 0 Å². The third-order valence-corrected chi connectivity index (χ3v) is 3.64. The van der Waals surface area contributed by atoms with Crippen molar-refractivity contribution in [1.82, 2.24) is 5.32 Å². The van der Waals surface area contributed by atoms with Gasteiger partial charge >= 0.3 is 12.0 Å². The van der Waals surface area contributed by atoms with Gasteiger partial charge in [0.15, 0.2) is 0 Å². The Morgan fingerprint density at radius 3 is 2.48 bits per heavy atom. The van der Waals surface area contributed by atoms with E-state index in [9.17, 15) is 14.7 Å². The summed E-state index contributed by atoms with van der Waals surface area (Å²) in [5.74, 6) is -0.939. The molecule has 1 aliphatic carbocycles. The number of anilines is 1. The molecule has 0 saturated heterocycles. The average Bonchev–Trinajstić information content (AvgIpc) is 2.43. The van der Waals surface area contributed by atoms with Crippen LogP contribution in [-0.2, 0) is 11.2 Å². The summed E-state index contributed by atoms with van der Waals surface area (Å²) in [5.41, 5.74) is 1.08. The van der Waals surface area contributed by atoms with Crippen LogP contribution in [0.4, 0.5) is 10.5 Å². The standard InChI is InChI=1S/C15H20N2O4/c18-12-7-5-11(6-8-12)16-15(21)17-13-4-2-1-3-10(13)9-14(19)20/h1-4,11-12,18H,5-9H2,(H,19,20)(H2,16,17,21). The molecule has 1 fully saturated rings. The Morgan fingerprint density at radius 1 is 1.14 bits per heavy atom. The van der Waals surface area contributed by atoms with Crippen molar-refractivity contribution in [3.05, 3.63) is 29.8 Å². The molecule has 0 heterocycles. The molecule has 1 saturated carbocycles. The zero-order valence-electron chi connectivity index (χ0n) is 11.7. The normalized spacial score (nSPS) is 21.6. The lowest BCUT2D eigenvalue weighted by Crippen LogP contribution is -2.41. The van der Waals surface area contributed by atoms with E-state index in [2.05, 4.69) is 10.6 Å². The number of carbonyl (C=O) groups excluding carboxylic acids is 1.